The van der Waals surface area contributed by atoms with Gasteiger partial charge in [0.05, 0.1) is 4.92 Å². The second-order valence-electron chi connectivity index (χ2n) is 5.97. The number of halogens is 2. The topological polar surface area (TPSA) is 52.4 Å². The van der Waals surface area contributed by atoms with Crippen LogP contribution in [0.4, 0.5) is 5.69 Å². The Labute approximate surface area is 137 Å². The molecule has 2 unspecified atom stereocenters. The maximum Gasteiger partial charge on any atom is 0.288 e. The van der Waals surface area contributed by atoms with Gasteiger partial charge in [-0.15, -0.1) is 0 Å². The van der Waals surface area contributed by atoms with E-state index < -0.39 is 4.92 Å². The van der Waals surface area contributed by atoms with Crippen LogP contribution in [-0.4, -0.2) is 15.9 Å². The van der Waals surface area contributed by atoms with Crippen LogP contribution in [0.2, 0.25) is 5.02 Å². The van der Waals surface area contributed by atoms with Gasteiger partial charge < -0.3 is 4.74 Å². The number of benzene rings is 1. The average molecular weight is 375 g/mol. The van der Waals surface area contributed by atoms with Crippen molar-refractivity contribution in [1.29, 1.82) is 0 Å². The zero-order valence-electron chi connectivity index (χ0n) is 11.6. The summed E-state index contributed by atoms with van der Waals surface area (Å²) in [6.45, 7) is 0. The fraction of sp³-hybridized carbons (Fsp3) is 0.600. The first-order chi connectivity index (χ1) is 10.0. The van der Waals surface area contributed by atoms with E-state index in [1.54, 1.807) is 12.1 Å². The Hall–Kier alpha value is -0.810. The molecule has 2 atom stereocenters. The Morgan fingerprint density at radius 1 is 1.33 bits per heavy atom. The lowest BCUT2D eigenvalue weighted by molar-refractivity contribution is -0.384. The van der Waals surface area contributed by atoms with Gasteiger partial charge in [-0.2, -0.15) is 0 Å². The van der Waals surface area contributed by atoms with E-state index in [0.717, 1.165) is 6.42 Å². The molecule has 3 rings (SSSR count). The van der Waals surface area contributed by atoms with E-state index in [4.69, 9.17) is 16.3 Å². The van der Waals surface area contributed by atoms with E-state index in [-0.39, 0.29) is 22.2 Å². The fourth-order valence-corrected chi connectivity index (χ4v) is 4.91. The molecule has 0 aromatic heterocycles. The molecular weight excluding hydrogens is 358 g/mol. The smallest absolute Gasteiger partial charge is 0.288 e. The van der Waals surface area contributed by atoms with E-state index in [1.807, 2.05) is 0 Å². The van der Waals surface area contributed by atoms with Crippen LogP contribution >= 0.6 is 27.5 Å². The number of rotatable bonds is 3. The third kappa shape index (κ3) is 2.66. The van der Waals surface area contributed by atoms with E-state index in [9.17, 15) is 10.1 Å². The third-order valence-corrected chi connectivity index (χ3v) is 6.45. The van der Waals surface area contributed by atoms with Gasteiger partial charge in [0.2, 0.25) is 0 Å². The fourth-order valence-electron chi connectivity index (χ4n) is 3.58. The van der Waals surface area contributed by atoms with Crippen LogP contribution in [0.3, 0.4) is 0 Å². The van der Waals surface area contributed by atoms with Crippen LogP contribution in [-0.2, 0) is 0 Å². The van der Waals surface area contributed by atoms with Crippen LogP contribution in [0.5, 0.6) is 5.75 Å². The molecule has 114 valence electrons. The average Bonchev–Trinajstić information content (AvgIpc) is 2.47. The summed E-state index contributed by atoms with van der Waals surface area (Å²) in [5.74, 6) is 0.625. The van der Waals surface area contributed by atoms with Gasteiger partial charge in [-0.25, -0.2) is 0 Å². The summed E-state index contributed by atoms with van der Waals surface area (Å²) in [6.07, 6.45) is 7.35. The van der Waals surface area contributed by atoms with Gasteiger partial charge >= 0.3 is 0 Å². The molecule has 21 heavy (non-hydrogen) atoms. The van der Waals surface area contributed by atoms with Gasteiger partial charge in [-0.3, -0.25) is 10.1 Å². The zero-order chi connectivity index (χ0) is 15.0. The van der Waals surface area contributed by atoms with E-state index in [0.29, 0.717) is 10.6 Å². The first kappa shape index (κ1) is 15.1. The van der Waals surface area contributed by atoms with Crippen molar-refractivity contribution in [2.24, 2.45) is 5.41 Å². The highest BCUT2D eigenvalue weighted by Gasteiger charge is 2.55. The van der Waals surface area contributed by atoms with Crippen LogP contribution < -0.4 is 4.74 Å². The highest BCUT2D eigenvalue weighted by atomic mass is 79.9. The summed E-state index contributed by atoms with van der Waals surface area (Å²) in [7, 11) is 0. The van der Waals surface area contributed by atoms with Crippen molar-refractivity contribution < 1.29 is 9.66 Å². The predicted molar refractivity (Wildman–Crippen MR) is 85.4 cm³/mol. The summed E-state index contributed by atoms with van der Waals surface area (Å²) in [4.78, 5) is 10.8. The van der Waals surface area contributed by atoms with Gasteiger partial charge in [0.25, 0.3) is 5.69 Å². The number of nitro groups is 1. The SMILES string of the molecule is O=[N+]([O-])c1ccc(OC2CC(Br)C23CCCCC3)cc1Cl. The molecule has 0 amide bonds. The molecule has 2 saturated carbocycles. The normalized spacial score (nSPS) is 27.1. The first-order valence-electron chi connectivity index (χ1n) is 7.27. The van der Waals surface area contributed by atoms with Gasteiger partial charge in [0.15, 0.2) is 0 Å². The van der Waals surface area contributed by atoms with Gasteiger partial charge in [-0.1, -0.05) is 46.8 Å². The quantitative estimate of drug-likeness (QED) is 0.419. The van der Waals surface area contributed by atoms with Crippen molar-refractivity contribution in [2.75, 3.05) is 0 Å². The van der Waals surface area contributed by atoms with Crippen LogP contribution in [0.15, 0.2) is 18.2 Å². The van der Waals surface area contributed by atoms with Gasteiger partial charge in [0.1, 0.15) is 16.9 Å². The van der Waals surface area contributed by atoms with Crippen LogP contribution in [0.25, 0.3) is 0 Å². The van der Waals surface area contributed by atoms with Crippen LogP contribution in [0.1, 0.15) is 38.5 Å². The molecule has 0 radical (unpaired) electrons. The molecular formula is C15H17BrClNO3. The highest BCUT2D eigenvalue weighted by Crippen LogP contribution is 2.56. The number of nitrogens with zero attached hydrogens (tertiary/aromatic N) is 1. The molecule has 2 aliphatic rings. The molecule has 2 aliphatic carbocycles. The molecule has 0 N–H and O–H groups in total. The van der Waals surface area contributed by atoms with Crippen molar-refractivity contribution in [3.8, 4) is 5.75 Å². The maximum atomic E-state index is 10.8. The summed E-state index contributed by atoms with van der Waals surface area (Å²) in [5.41, 5.74) is 0.148. The van der Waals surface area contributed by atoms with Crippen molar-refractivity contribution in [2.45, 2.75) is 49.5 Å². The Bertz CT molecular complexity index is 560. The van der Waals surface area contributed by atoms with E-state index in [2.05, 4.69) is 15.9 Å². The lowest BCUT2D eigenvalue weighted by Gasteiger charge is -2.55. The molecule has 2 fully saturated rings. The minimum Gasteiger partial charge on any atom is -0.490 e. The lowest BCUT2D eigenvalue weighted by Crippen LogP contribution is -2.57. The molecule has 0 heterocycles. The molecule has 0 saturated heterocycles. The Balaban J connectivity index is 1.75. The number of nitro benzene ring substituents is 1. The minimum absolute atomic E-state index is 0.0802. The number of alkyl halides is 1. The lowest BCUT2D eigenvalue weighted by atomic mass is 9.58. The molecule has 1 aromatic carbocycles. The third-order valence-electron chi connectivity index (χ3n) is 4.86. The van der Waals surface area contributed by atoms with Crippen molar-refractivity contribution >= 4 is 33.2 Å². The number of hydrogen-bond donors (Lipinski definition) is 0. The summed E-state index contributed by atoms with van der Waals surface area (Å²) < 4.78 is 6.09. The molecule has 0 aliphatic heterocycles. The summed E-state index contributed by atoms with van der Waals surface area (Å²) >= 11 is 9.73. The molecule has 6 heteroatoms. The molecule has 1 aromatic rings. The zero-order valence-corrected chi connectivity index (χ0v) is 13.9. The Morgan fingerprint density at radius 2 is 2.05 bits per heavy atom. The second kappa shape index (κ2) is 5.76. The van der Waals surface area contributed by atoms with Crippen LogP contribution in [0, 0.1) is 15.5 Å². The highest BCUT2D eigenvalue weighted by molar-refractivity contribution is 9.09. The summed E-state index contributed by atoms with van der Waals surface area (Å²) in [5, 5.41) is 10.9. The van der Waals surface area contributed by atoms with Crippen molar-refractivity contribution in [3.05, 3.63) is 33.3 Å². The summed E-state index contributed by atoms with van der Waals surface area (Å²) in [6, 6.07) is 4.61. The maximum absolute atomic E-state index is 10.8. The molecule has 1 spiro atoms. The Kier molecular flexibility index (Phi) is 4.14. The second-order valence-corrected chi connectivity index (χ2v) is 7.49. The van der Waals surface area contributed by atoms with Gasteiger partial charge in [-0.05, 0) is 25.3 Å². The van der Waals surface area contributed by atoms with Crippen molar-refractivity contribution in [3.63, 3.8) is 0 Å². The monoisotopic (exact) mass is 373 g/mol. The minimum atomic E-state index is -0.480. The Morgan fingerprint density at radius 3 is 2.62 bits per heavy atom. The van der Waals surface area contributed by atoms with E-state index in [1.165, 1.54) is 38.2 Å². The largest absolute Gasteiger partial charge is 0.490 e. The van der Waals surface area contributed by atoms with Crippen molar-refractivity contribution in [1.82, 2.24) is 0 Å². The van der Waals surface area contributed by atoms with Gasteiger partial charge in [0, 0.05) is 22.4 Å². The van der Waals surface area contributed by atoms with E-state index >= 15 is 0 Å². The number of hydrogen-bond acceptors (Lipinski definition) is 3. The molecule has 4 nitrogen and oxygen atoms in total. The predicted octanol–water partition coefficient (Wildman–Crippen LogP) is 5.11. The molecule has 0 bridgehead atoms. The standard InChI is InChI=1S/C15H17BrClNO3/c16-13-9-14(15(13)6-2-1-3-7-15)21-10-4-5-12(18(19)20)11(17)8-10/h4-5,8,13-14H,1-3,6-7,9H2. The number of ether oxygens (including phenoxy) is 1. The first-order valence-corrected chi connectivity index (χ1v) is 8.57.